The molecule has 2 aromatic rings. The van der Waals surface area contributed by atoms with Gasteiger partial charge in [0.15, 0.2) is 5.82 Å². The third-order valence-corrected chi connectivity index (χ3v) is 1.36. The first-order valence-corrected chi connectivity index (χ1v) is 3.18. The summed E-state index contributed by atoms with van der Waals surface area (Å²) < 4.78 is 0. The van der Waals surface area contributed by atoms with Crippen molar-refractivity contribution in [3.8, 4) is 11.3 Å². The van der Waals surface area contributed by atoms with E-state index in [0.29, 0.717) is 17.1 Å². The molecule has 3 N–H and O–H groups in total. The first kappa shape index (κ1) is 6.65. The molecule has 0 atom stereocenters. The van der Waals surface area contributed by atoms with Crippen molar-refractivity contribution in [1.82, 2.24) is 30.8 Å². The molecule has 7 nitrogen and oxygen atoms in total. The second-order valence-corrected chi connectivity index (χ2v) is 2.09. The summed E-state index contributed by atoms with van der Waals surface area (Å²) in [6.07, 6.45) is 3.02. The smallest absolute Gasteiger partial charge is 0.159 e. The van der Waals surface area contributed by atoms with Crippen LogP contribution in [0.15, 0.2) is 12.4 Å². The maximum Gasteiger partial charge on any atom is 0.159 e. The van der Waals surface area contributed by atoms with Gasteiger partial charge in [-0.1, -0.05) is 0 Å². The number of nitrogens with two attached hydrogens (primary N) is 1. The largest absolute Gasteiger partial charge is 0.382 e. The highest BCUT2D eigenvalue weighted by Gasteiger charge is 2.05. The lowest BCUT2D eigenvalue weighted by molar-refractivity contribution is 0.873. The van der Waals surface area contributed by atoms with Crippen LogP contribution in [-0.4, -0.2) is 30.8 Å². The summed E-state index contributed by atoms with van der Waals surface area (Å²) in [7, 11) is 0. The van der Waals surface area contributed by atoms with Crippen molar-refractivity contribution in [3.05, 3.63) is 12.4 Å². The van der Waals surface area contributed by atoms with Crippen LogP contribution in [0.3, 0.4) is 0 Å². The number of aromatic nitrogens is 6. The minimum Gasteiger partial charge on any atom is -0.382 e. The molecule has 0 amide bonds. The van der Waals surface area contributed by atoms with Crippen LogP contribution >= 0.6 is 0 Å². The Morgan fingerprint density at radius 3 is 2.92 bits per heavy atom. The molecule has 0 bridgehead atoms. The molecule has 0 aliphatic heterocycles. The van der Waals surface area contributed by atoms with Crippen molar-refractivity contribution >= 4 is 5.82 Å². The Bertz CT molecular complexity index is 367. The van der Waals surface area contributed by atoms with Gasteiger partial charge in [0, 0.05) is 0 Å². The van der Waals surface area contributed by atoms with Crippen molar-refractivity contribution in [2.45, 2.75) is 0 Å². The molecule has 0 aromatic carbocycles. The third kappa shape index (κ3) is 0.965. The first-order valence-electron chi connectivity index (χ1n) is 3.18. The fraction of sp³-hybridized carbons (Fsp3) is 0. The van der Waals surface area contributed by atoms with E-state index < -0.39 is 0 Å². The van der Waals surface area contributed by atoms with Crippen LogP contribution in [-0.2, 0) is 0 Å². The van der Waals surface area contributed by atoms with Gasteiger partial charge in [0.05, 0.1) is 18.0 Å². The van der Waals surface area contributed by atoms with E-state index in [-0.39, 0.29) is 0 Å². The number of nitrogens with zero attached hydrogens (tertiary/aromatic N) is 5. The Morgan fingerprint density at radius 1 is 1.33 bits per heavy atom. The maximum absolute atomic E-state index is 5.52. The van der Waals surface area contributed by atoms with Gasteiger partial charge in [-0.05, 0) is 5.21 Å². The van der Waals surface area contributed by atoms with Crippen LogP contribution in [0.1, 0.15) is 0 Å². The number of hydrogen-bond acceptors (Lipinski definition) is 6. The Balaban J connectivity index is 2.55. The molecule has 12 heavy (non-hydrogen) atoms. The molecule has 60 valence electrons. The summed E-state index contributed by atoms with van der Waals surface area (Å²) in [5.74, 6) is 0.291. The fourth-order valence-corrected chi connectivity index (χ4v) is 0.806. The van der Waals surface area contributed by atoms with Crippen LogP contribution in [0, 0.1) is 0 Å². The highest BCUT2D eigenvalue weighted by molar-refractivity contribution is 5.67. The lowest BCUT2D eigenvalue weighted by Gasteiger charge is -1.95. The summed E-state index contributed by atoms with van der Waals surface area (Å²) in [4.78, 5) is 0. The van der Waals surface area contributed by atoms with Crippen molar-refractivity contribution in [2.75, 3.05) is 5.73 Å². The van der Waals surface area contributed by atoms with E-state index >= 15 is 0 Å². The van der Waals surface area contributed by atoms with Gasteiger partial charge in [0.1, 0.15) is 5.69 Å². The monoisotopic (exact) mass is 163 g/mol. The van der Waals surface area contributed by atoms with E-state index in [0.717, 1.165) is 0 Å². The summed E-state index contributed by atoms with van der Waals surface area (Å²) in [6, 6.07) is 0. The highest BCUT2D eigenvalue weighted by atomic mass is 15.3. The van der Waals surface area contributed by atoms with Crippen molar-refractivity contribution in [3.63, 3.8) is 0 Å². The van der Waals surface area contributed by atoms with E-state index in [1.54, 1.807) is 0 Å². The van der Waals surface area contributed by atoms with Crippen LogP contribution in [0.5, 0.6) is 0 Å². The molecule has 0 aliphatic carbocycles. The number of aromatic amines is 1. The van der Waals surface area contributed by atoms with Gasteiger partial charge in [0.2, 0.25) is 0 Å². The standard InChI is InChI=1S/C5H5N7/c6-5-3(1-7-12-10-5)4-2-8-11-9-4/h1-2H,(H2,6,7,10)(H,8,9,11). The quantitative estimate of drug-likeness (QED) is 0.572. The lowest BCUT2D eigenvalue weighted by atomic mass is 10.2. The van der Waals surface area contributed by atoms with Gasteiger partial charge in [-0.15, -0.1) is 10.2 Å². The van der Waals surface area contributed by atoms with E-state index in [2.05, 4.69) is 30.8 Å². The summed E-state index contributed by atoms with van der Waals surface area (Å²) in [6.45, 7) is 0. The molecular formula is C5H5N7. The number of nitrogen functional groups attached to an aromatic ring is 1. The molecule has 0 saturated heterocycles. The molecule has 7 heteroatoms. The highest BCUT2D eigenvalue weighted by Crippen LogP contribution is 2.17. The topological polar surface area (TPSA) is 106 Å². The zero-order valence-electron chi connectivity index (χ0n) is 5.97. The molecule has 0 radical (unpaired) electrons. The van der Waals surface area contributed by atoms with Gasteiger partial charge in [-0.3, -0.25) is 0 Å². The Morgan fingerprint density at radius 2 is 2.25 bits per heavy atom. The molecule has 0 unspecified atom stereocenters. The SMILES string of the molecule is Nc1nnncc1-c1cn[nH]n1. The first-order chi connectivity index (χ1) is 5.88. The number of anilines is 1. The van der Waals surface area contributed by atoms with Crippen LogP contribution < -0.4 is 5.73 Å². The average molecular weight is 163 g/mol. The summed E-state index contributed by atoms with van der Waals surface area (Å²) in [5.41, 5.74) is 6.75. The minimum atomic E-state index is 0.291. The fourth-order valence-electron chi connectivity index (χ4n) is 0.806. The van der Waals surface area contributed by atoms with E-state index in [1.807, 2.05) is 0 Å². The van der Waals surface area contributed by atoms with Crippen LogP contribution in [0.4, 0.5) is 5.82 Å². The Labute approximate surface area is 67.0 Å². The van der Waals surface area contributed by atoms with Crippen LogP contribution in [0.2, 0.25) is 0 Å². The predicted octanol–water partition coefficient (Wildman–Crippen LogP) is -0.761. The zero-order chi connectivity index (χ0) is 8.39. The molecule has 2 rings (SSSR count). The summed E-state index contributed by atoms with van der Waals surface area (Å²) >= 11 is 0. The molecule has 2 heterocycles. The van der Waals surface area contributed by atoms with E-state index in [4.69, 9.17) is 5.73 Å². The molecule has 0 fully saturated rings. The van der Waals surface area contributed by atoms with Crippen LogP contribution in [0.25, 0.3) is 11.3 Å². The van der Waals surface area contributed by atoms with E-state index in [1.165, 1.54) is 12.4 Å². The van der Waals surface area contributed by atoms with Crippen molar-refractivity contribution in [1.29, 1.82) is 0 Å². The Hall–Kier alpha value is -2.05. The van der Waals surface area contributed by atoms with Crippen molar-refractivity contribution in [2.24, 2.45) is 0 Å². The van der Waals surface area contributed by atoms with Gasteiger partial charge in [-0.25, -0.2) is 0 Å². The molecule has 0 aliphatic rings. The second-order valence-electron chi connectivity index (χ2n) is 2.09. The second kappa shape index (κ2) is 2.53. The number of rotatable bonds is 1. The summed E-state index contributed by atoms with van der Waals surface area (Å²) in [5, 5.41) is 20.4. The number of H-pyrrole nitrogens is 1. The van der Waals surface area contributed by atoms with Gasteiger partial charge < -0.3 is 5.73 Å². The molecule has 0 spiro atoms. The molecular weight excluding hydrogens is 158 g/mol. The van der Waals surface area contributed by atoms with Gasteiger partial charge in [0.25, 0.3) is 0 Å². The number of hydrogen-bond donors (Lipinski definition) is 2. The third-order valence-electron chi connectivity index (χ3n) is 1.36. The number of nitrogens with one attached hydrogen (secondary N) is 1. The van der Waals surface area contributed by atoms with Gasteiger partial charge >= 0.3 is 0 Å². The Kier molecular flexibility index (Phi) is 1.40. The lowest BCUT2D eigenvalue weighted by Crippen LogP contribution is -1.98. The normalized spacial score (nSPS) is 10.0. The van der Waals surface area contributed by atoms with E-state index in [9.17, 15) is 0 Å². The molecule has 2 aromatic heterocycles. The zero-order valence-corrected chi connectivity index (χ0v) is 5.97. The van der Waals surface area contributed by atoms with Gasteiger partial charge in [-0.2, -0.15) is 15.4 Å². The maximum atomic E-state index is 5.52. The average Bonchev–Trinajstić information content (AvgIpc) is 2.57. The van der Waals surface area contributed by atoms with Crippen molar-refractivity contribution < 1.29 is 0 Å². The predicted molar refractivity (Wildman–Crippen MR) is 39.6 cm³/mol. The minimum absolute atomic E-state index is 0.291. The molecule has 0 saturated carbocycles.